The van der Waals surface area contributed by atoms with Crippen LogP contribution in [0.25, 0.3) is 0 Å². The summed E-state index contributed by atoms with van der Waals surface area (Å²) in [7, 11) is 0. The Kier molecular flexibility index (Phi) is 3.10. The first kappa shape index (κ1) is 12.3. The smallest absolute Gasteiger partial charge is 0.263 e. The topological polar surface area (TPSA) is 59.8 Å². The van der Waals surface area contributed by atoms with Crippen LogP contribution in [0.5, 0.6) is 0 Å². The van der Waals surface area contributed by atoms with E-state index in [-0.39, 0.29) is 11.9 Å². The maximum atomic E-state index is 12.1. The van der Waals surface area contributed by atoms with Gasteiger partial charge in [0.25, 0.3) is 5.91 Å². The van der Waals surface area contributed by atoms with Gasteiger partial charge in [-0.05, 0) is 20.3 Å². The lowest BCUT2D eigenvalue weighted by atomic mass is 10.1. The molecule has 0 aliphatic carbocycles. The second-order valence-corrected chi connectivity index (χ2v) is 5.78. The normalized spacial score (nSPS) is 18.1. The van der Waals surface area contributed by atoms with E-state index in [1.54, 1.807) is 5.51 Å². The van der Waals surface area contributed by atoms with Crippen molar-refractivity contribution >= 4 is 17.2 Å². The Morgan fingerprint density at radius 1 is 1.53 bits per heavy atom. The van der Waals surface area contributed by atoms with E-state index in [1.165, 1.54) is 11.3 Å². The summed E-state index contributed by atoms with van der Waals surface area (Å²) in [4.78, 5) is 21.4. The Balaban J connectivity index is 1.69. The number of hydrogen-bond acceptors (Lipinski definition) is 4. The summed E-state index contributed by atoms with van der Waals surface area (Å²) in [5, 5.41) is 3.10. The predicted octanol–water partition coefficient (Wildman–Crippen LogP) is 1.70. The van der Waals surface area contributed by atoms with E-state index >= 15 is 0 Å². The van der Waals surface area contributed by atoms with Gasteiger partial charge in [0.05, 0.1) is 16.9 Å². The number of nitrogens with one attached hydrogen (secondary N) is 1. The minimum atomic E-state index is -0.00899. The van der Waals surface area contributed by atoms with Crippen LogP contribution in [0.15, 0.2) is 11.7 Å². The fourth-order valence-electron chi connectivity index (χ4n) is 2.47. The van der Waals surface area contributed by atoms with Crippen molar-refractivity contribution < 1.29 is 4.79 Å². The highest BCUT2D eigenvalue weighted by molar-refractivity contribution is 7.11. The van der Waals surface area contributed by atoms with E-state index in [2.05, 4.69) is 19.9 Å². The second-order valence-electron chi connectivity index (χ2n) is 4.93. The zero-order chi connectivity index (χ0) is 13.4. The molecule has 0 aromatic carbocycles. The predicted molar refractivity (Wildman–Crippen MR) is 73.4 cm³/mol. The maximum Gasteiger partial charge on any atom is 0.263 e. The quantitative estimate of drug-likeness (QED) is 0.908. The van der Waals surface area contributed by atoms with Gasteiger partial charge in [0.1, 0.15) is 10.7 Å². The van der Waals surface area contributed by atoms with Crippen LogP contribution in [0.4, 0.5) is 0 Å². The van der Waals surface area contributed by atoms with E-state index < -0.39 is 0 Å². The molecule has 1 amide bonds. The van der Waals surface area contributed by atoms with E-state index in [4.69, 9.17) is 0 Å². The van der Waals surface area contributed by atoms with Gasteiger partial charge in [0.15, 0.2) is 0 Å². The Morgan fingerprint density at radius 3 is 3.11 bits per heavy atom. The molecule has 0 radical (unpaired) electrons. The largest absolute Gasteiger partial charge is 0.347 e. The highest BCUT2D eigenvalue weighted by Crippen LogP contribution is 2.17. The van der Waals surface area contributed by atoms with Gasteiger partial charge < -0.3 is 9.88 Å². The number of imidazole rings is 1. The number of fused-ring (bicyclic) bond motifs is 1. The summed E-state index contributed by atoms with van der Waals surface area (Å²) in [5.41, 5.74) is 3.56. The molecule has 1 atom stereocenters. The van der Waals surface area contributed by atoms with E-state index in [0.29, 0.717) is 4.88 Å². The number of carbonyl (C=O) groups is 1. The van der Waals surface area contributed by atoms with Crippen molar-refractivity contribution in [1.82, 2.24) is 19.9 Å². The molecule has 0 spiro atoms. The zero-order valence-electron chi connectivity index (χ0n) is 11.0. The van der Waals surface area contributed by atoms with Crippen LogP contribution in [0.2, 0.25) is 0 Å². The van der Waals surface area contributed by atoms with Crippen LogP contribution in [0.1, 0.15) is 33.3 Å². The molecule has 0 saturated carbocycles. The molecular formula is C13H16N4OS. The van der Waals surface area contributed by atoms with Gasteiger partial charge >= 0.3 is 0 Å². The molecule has 2 aromatic rings. The van der Waals surface area contributed by atoms with Crippen LogP contribution >= 0.6 is 11.3 Å². The number of carbonyl (C=O) groups excluding carboxylic acids is 1. The first-order chi connectivity index (χ1) is 9.13. The first-order valence-electron chi connectivity index (χ1n) is 6.37. The molecule has 19 heavy (non-hydrogen) atoms. The standard InChI is InChI=1S/C13H16N4OS/c1-8-5-17-6-10(3-4-11(17)15-8)16-13(18)12-9(2)14-7-19-12/h5,7,10H,3-4,6H2,1-2H3,(H,16,18). The van der Waals surface area contributed by atoms with Crippen molar-refractivity contribution in [3.05, 3.63) is 33.8 Å². The van der Waals surface area contributed by atoms with Gasteiger partial charge in [-0.2, -0.15) is 0 Å². The number of nitrogens with zero attached hydrogens (tertiary/aromatic N) is 3. The Labute approximate surface area is 115 Å². The minimum absolute atomic E-state index is 0.00899. The molecule has 2 aromatic heterocycles. The zero-order valence-corrected chi connectivity index (χ0v) is 11.8. The third-order valence-electron chi connectivity index (χ3n) is 3.40. The second kappa shape index (κ2) is 4.77. The van der Waals surface area contributed by atoms with Crippen LogP contribution < -0.4 is 5.32 Å². The van der Waals surface area contributed by atoms with Crippen molar-refractivity contribution in [2.45, 2.75) is 39.3 Å². The third kappa shape index (κ3) is 2.40. The molecule has 1 aliphatic rings. The summed E-state index contributed by atoms with van der Waals surface area (Å²) >= 11 is 1.39. The van der Waals surface area contributed by atoms with Crippen LogP contribution in [0, 0.1) is 13.8 Å². The Bertz CT molecular complexity index is 616. The molecule has 1 N–H and O–H groups in total. The lowest BCUT2D eigenvalue weighted by Gasteiger charge is -2.24. The summed E-state index contributed by atoms with van der Waals surface area (Å²) < 4.78 is 2.14. The van der Waals surface area contributed by atoms with Crippen LogP contribution in [0.3, 0.4) is 0 Å². The molecule has 6 heteroatoms. The molecular weight excluding hydrogens is 260 g/mol. The van der Waals surface area contributed by atoms with Crippen molar-refractivity contribution in [2.24, 2.45) is 0 Å². The molecule has 100 valence electrons. The summed E-state index contributed by atoms with van der Waals surface area (Å²) in [6.07, 6.45) is 3.91. The van der Waals surface area contributed by atoms with Gasteiger partial charge in [0, 0.05) is 25.2 Å². The maximum absolute atomic E-state index is 12.1. The third-order valence-corrected chi connectivity index (χ3v) is 4.33. The van der Waals surface area contributed by atoms with Crippen molar-refractivity contribution in [2.75, 3.05) is 0 Å². The number of hydrogen-bond donors (Lipinski definition) is 1. The minimum Gasteiger partial charge on any atom is -0.347 e. The fourth-order valence-corrected chi connectivity index (χ4v) is 3.18. The summed E-state index contributed by atoms with van der Waals surface area (Å²) in [6, 6.07) is 0.176. The van der Waals surface area contributed by atoms with E-state index in [9.17, 15) is 4.79 Å². The lowest BCUT2D eigenvalue weighted by molar-refractivity contribution is 0.0931. The highest BCUT2D eigenvalue weighted by Gasteiger charge is 2.22. The van der Waals surface area contributed by atoms with E-state index in [1.807, 2.05) is 20.0 Å². The molecule has 0 fully saturated rings. The van der Waals surface area contributed by atoms with Gasteiger partial charge in [-0.1, -0.05) is 0 Å². The monoisotopic (exact) mass is 276 g/mol. The number of aromatic nitrogens is 3. The number of rotatable bonds is 2. The average molecular weight is 276 g/mol. The van der Waals surface area contributed by atoms with Crippen LogP contribution in [-0.4, -0.2) is 26.5 Å². The fraction of sp³-hybridized carbons (Fsp3) is 0.462. The van der Waals surface area contributed by atoms with Gasteiger partial charge in [-0.15, -0.1) is 11.3 Å². The Hall–Kier alpha value is -1.69. The van der Waals surface area contributed by atoms with Crippen molar-refractivity contribution in [3.63, 3.8) is 0 Å². The van der Waals surface area contributed by atoms with E-state index in [0.717, 1.165) is 36.6 Å². The first-order valence-corrected chi connectivity index (χ1v) is 7.25. The lowest BCUT2D eigenvalue weighted by Crippen LogP contribution is -2.40. The number of amides is 1. The molecule has 0 saturated heterocycles. The van der Waals surface area contributed by atoms with Crippen molar-refractivity contribution in [3.8, 4) is 0 Å². The molecule has 0 bridgehead atoms. The Morgan fingerprint density at radius 2 is 2.37 bits per heavy atom. The number of thiazole rings is 1. The SMILES string of the molecule is Cc1cn2c(n1)CCC(NC(=O)c1scnc1C)C2. The molecule has 3 heterocycles. The van der Waals surface area contributed by atoms with Crippen LogP contribution in [-0.2, 0) is 13.0 Å². The van der Waals surface area contributed by atoms with Gasteiger partial charge in [-0.3, -0.25) is 4.79 Å². The molecule has 1 unspecified atom stereocenters. The molecule has 1 aliphatic heterocycles. The van der Waals surface area contributed by atoms with Gasteiger partial charge in [0.2, 0.25) is 0 Å². The number of aryl methyl sites for hydroxylation is 3. The summed E-state index contributed by atoms with van der Waals surface area (Å²) in [6.45, 7) is 4.67. The van der Waals surface area contributed by atoms with Gasteiger partial charge in [-0.25, -0.2) is 9.97 Å². The summed E-state index contributed by atoms with van der Waals surface area (Å²) in [5.74, 6) is 1.11. The molecule has 3 rings (SSSR count). The highest BCUT2D eigenvalue weighted by atomic mass is 32.1. The average Bonchev–Trinajstić information content (AvgIpc) is 2.93. The van der Waals surface area contributed by atoms with Crippen molar-refractivity contribution in [1.29, 1.82) is 0 Å². The molecule has 5 nitrogen and oxygen atoms in total.